The molecule has 0 fully saturated rings. The molecule has 3 nitrogen and oxygen atoms in total. The first kappa shape index (κ1) is 13.9. The highest BCUT2D eigenvalue weighted by Gasteiger charge is 2.24. The Morgan fingerprint density at radius 2 is 2.24 bits per heavy atom. The Bertz CT molecular complexity index is 423. The number of halogens is 2. The highest BCUT2D eigenvalue weighted by molar-refractivity contribution is 5.85. The highest BCUT2D eigenvalue weighted by atomic mass is 35.5. The van der Waals surface area contributed by atoms with Crippen LogP contribution in [0.4, 0.5) is 4.39 Å². The third kappa shape index (κ3) is 2.76. The molecule has 1 heterocycles. The predicted octanol–water partition coefficient (Wildman–Crippen LogP) is 1.48. The number of rotatable bonds is 1. The van der Waals surface area contributed by atoms with Crippen LogP contribution >= 0.6 is 12.4 Å². The van der Waals surface area contributed by atoms with Gasteiger partial charge in [0.1, 0.15) is 5.82 Å². The average Bonchev–Trinajstić information content (AvgIpc) is 2.28. The lowest BCUT2D eigenvalue weighted by Crippen LogP contribution is -2.44. The number of fused-ring (bicyclic) bond motifs is 1. The zero-order valence-corrected chi connectivity index (χ0v) is 10.5. The first-order valence-electron chi connectivity index (χ1n) is 5.40. The van der Waals surface area contributed by atoms with E-state index in [1.54, 1.807) is 17.9 Å². The fourth-order valence-electron chi connectivity index (χ4n) is 2.02. The van der Waals surface area contributed by atoms with Crippen molar-refractivity contribution < 1.29 is 9.18 Å². The van der Waals surface area contributed by atoms with E-state index in [-0.39, 0.29) is 24.1 Å². The average molecular weight is 259 g/mol. The summed E-state index contributed by atoms with van der Waals surface area (Å²) in [5.41, 5.74) is 7.16. The fraction of sp³-hybridized carbons (Fsp3) is 0.417. The minimum absolute atomic E-state index is 0. The summed E-state index contributed by atoms with van der Waals surface area (Å²) in [6, 6.07) is 4.52. The van der Waals surface area contributed by atoms with Crippen molar-refractivity contribution in [2.24, 2.45) is 5.73 Å². The van der Waals surface area contributed by atoms with Gasteiger partial charge in [-0.1, -0.05) is 12.1 Å². The van der Waals surface area contributed by atoms with Crippen LogP contribution in [-0.2, 0) is 17.8 Å². The summed E-state index contributed by atoms with van der Waals surface area (Å²) in [6.07, 6.45) is 0.700. The maximum atomic E-state index is 13.5. The second kappa shape index (κ2) is 5.47. The van der Waals surface area contributed by atoms with Crippen molar-refractivity contribution in [1.82, 2.24) is 4.90 Å². The number of hydrogen-bond acceptors (Lipinski definition) is 2. The van der Waals surface area contributed by atoms with E-state index in [2.05, 4.69) is 0 Å². The van der Waals surface area contributed by atoms with Gasteiger partial charge in [0.15, 0.2) is 0 Å². The topological polar surface area (TPSA) is 46.3 Å². The molecule has 1 aromatic rings. The van der Waals surface area contributed by atoms with Crippen LogP contribution in [-0.4, -0.2) is 23.4 Å². The van der Waals surface area contributed by atoms with Gasteiger partial charge in [-0.3, -0.25) is 4.79 Å². The highest BCUT2D eigenvalue weighted by Crippen LogP contribution is 2.21. The van der Waals surface area contributed by atoms with Gasteiger partial charge in [-0.2, -0.15) is 0 Å². The molecule has 5 heteroatoms. The number of nitrogens with two attached hydrogens (primary N) is 1. The standard InChI is InChI=1S/C12H15FN2O.ClH/c1-8(14)12(16)15-6-5-9-3-2-4-11(13)10(9)7-15;/h2-4,8H,5-7,14H2,1H3;1H. The van der Waals surface area contributed by atoms with E-state index < -0.39 is 6.04 Å². The summed E-state index contributed by atoms with van der Waals surface area (Å²) in [6.45, 7) is 2.61. The Hall–Kier alpha value is -1.13. The minimum atomic E-state index is -0.520. The van der Waals surface area contributed by atoms with Crippen LogP contribution in [0.2, 0.25) is 0 Å². The smallest absolute Gasteiger partial charge is 0.239 e. The molecule has 1 aliphatic rings. The van der Waals surface area contributed by atoms with E-state index in [0.29, 0.717) is 25.1 Å². The Morgan fingerprint density at radius 3 is 2.88 bits per heavy atom. The predicted molar refractivity (Wildman–Crippen MR) is 66.4 cm³/mol. The van der Waals surface area contributed by atoms with Gasteiger partial charge < -0.3 is 10.6 Å². The summed E-state index contributed by atoms with van der Waals surface area (Å²) < 4.78 is 13.5. The molecular weight excluding hydrogens is 243 g/mol. The Labute approximate surface area is 106 Å². The van der Waals surface area contributed by atoms with Gasteiger partial charge >= 0.3 is 0 Å². The molecular formula is C12H16ClFN2O. The molecule has 1 aromatic carbocycles. The zero-order valence-electron chi connectivity index (χ0n) is 9.65. The van der Waals surface area contributed by atoms with Crippen molar-refractivity contribution in [3.8, 4) is 0 Å². The monoisotopic (exact) mass is 258 g/mol. The van der Waals surface area contributed by atoms with E-state index in [9.17, 15) is 9.18 Å². The fourth-order valence-corrected chi connectivity index (χ4v) is 2.02. The van der Waals surface area contributed by atoms with Crippen molar-refractivity contribution in [3.05, 3.63) is 35.1 Å². The summed E-state index contributed by atoms with van der Waals surface area (Å²) in [5, 5.41) is 0. The summed E-state index contributed by atoms with van der Waals surface area (Å²) >= 11 is 0. The van der Waals surface area contributed by atoms with Crippen LogP contribution in [0.5, 0.6) is 0 Å². The van der Waals surface area contributed by atoms with Crippen LogP contribution in [0, 0.1) is 5.82 Å². The lowest BCUT2D eigenvalue weighted by atomic mass is 9.99. The molecule has 1 unspecified atom stereocenters. The van der Waals surface area contributed by atoms with E-state index in [0.717, 1.165) is 5.56 Å². The molecule has 1 atom stereocenters. The lowest BCUT2D eigenvalue weighted by molar-refractivity contribution is -0.133. The van der Waals surface area contributed by atoms with E-state index in [1.807, 2.05) is 6.07 Å². The molecule has 0 saturated heterocycles. The van der Waals surface area contributed by atoms with Crippen LogP contribution in [0.15, 0.2) is 18.2 Å². The molecule has 0 aromatic heterocycles. The van der Waals surface area contributed by atoms with Crippen molar-refractivity contribution in [2.75, 3.05) is 6.54 Å². The molecule has 1 aliphatic heterocycles. The first-order valence-corrected chi connectivity index (χ1v) is 5.40. The Morgan fingerprint density at radius 1 is 1.53 bits per heavy atom. The molecule has 1 amide bonds. The van der Waals surface area contributed by atoms with E-state index in [1.165, 1.54) is 6.07 Å². The number of carbonyl (C=O) groups excluding carboxylic acids is 1. The minimum Gasteiger partial charge on any atom is -0.337 e. The number of carbonyl (C=O) groups is 1. The lowest BCUT2D eigenvalue weighted by Gasteiger charge is -2.30. The molecule has 0 aliphatic carbocycles. The summed E-state index contributed by atoms with van der Waals surface area (Å²) in [5.74, 6) is -0.353. The van der Waals surface area contributed by atoms with Gasteiger partial charge in [-0.25, -0.2) is 4.39 Å². The van der Waals surface area contributed by atoms with E-state index in [4.69, 9.17) is 5.73 Å². The Balaban J connectivity index is 0.00000144. The number of hydrogen-bond donors (Lipinski definition) is 1. The summed E-state index contributed by atoms with van der Waals surface area (Å²) in [4.78, 5) is 13.3. The normalized spacial score (nSPS) is 15.8. The molecule has 94 valence electrons. The number of amides is 1. The Kier molecular flexibility index (Phi) is 4.48. The van der Waals surface area contributed by atoms with Gasteiger partial charge in [-0.05, 0) is 25.0 Å². The summed E-state index contributed by atoms with van der Waals surface area (Å²) in [7, 11) is 0. The van der Waals surface area contributed by atoms with Crippen LogP contribution in [0.3, 0.4) is 0 Å². The maximum Gasteiger partial charge on any atom is 0.239 e. The van der Waals surface area contributed by atoms with Gasteiger partial charge in [0.2, 0.25) is 5.91 Å². The van der Waals surface area contributed by atoms with Gasteiger partial charge in [0.25, 0.3) is 0 Å². The molecule has 2 N–H and O–H groups in total. The van der Waals surface area contributed by atoms with Gasteiger partial charge in [-0.15, -0.1) is 12.4 Å². The quantitative estimate of drug-likeness (QED) is 0.829. The number of nitrogens with zero attached hydrogens (tertiary/aromatic N) is 1. The SMILES string of the molecule is CC(N)C(=O)N1CCc2cccc(F)c2C1.Cl. The first-order chi connectivity index (χ1) is 7.59. The van der Waals surface area contributed by atoms with Crippen molar-refractivity contribution in [1.29, 1.82) is 0 Å². The largest absolute Gasteiger partial charge is 0.337 e. The van der Waals surface area contributed by atoms with Crippen molar-refractivity contribution >= 4 is 18.3 Å². The second-order valence-electron chi connectivity index (χ2n) is 4.18. The molecule has 2 rings (SSSR count). The van der Waals surface area contributed by atoms with Gasteiger partial charge in [0, 0.05) is 18.7 Å². The van der Waals surface area contributed by atoms with Gasteiger partial charge in [0.05, 0.1) is 6.04 Å². The third-order valence-electron chi connectivity index (χ3n) is 2.92. The van der Waals surface area contributed by atoms with E-state index >= 15 is 0 Å². The third-order valence-corrected chi connectivity index (χ3v) is 2.92. The maximum absolute atomic E-state index is 13.5. The van der Waals surface area contributed by atoms with Crippen LogP contribution in [0.25, 0.3) is 0 Å². The molecule has 0 saturated carbocycles. The molecule has 0 bridgehead atoms. The van der Waals surface area contributed by atoms with Crippen LogP contribution < -0.4 is 5.73 Å². The number of benzene rings is 1. The van der Waals surface area contributed by atoms with Crippen molar-refractivity contribution in [2.45, 2.75) is 25.9 Å². The molecule has 0 spiro atoms. The second-order valence-corrected chi connectivity index (χ2v) is 4.18. The van der Waals surface area contributed by atoms with Crippen molar-refractivity contribution in [3.63, 3.8) is 0 Å². The zero-order chi connectivity index (χ0) is 11.7. The molecule has 0 radical (unpaired) electrons. The van der Waals surface area contributed by atoms with Crippen LogP contribution in [0.1, 0.15) is 18.1 Å². The molecule has 17 heavy (non-hydrogen) atoms.